The van der Waals surface area contributed by atoms with Crippen LogP contribution in [-0.2, 0) is 0 Å². The lowest BCUT2D eigenvalue weighted by Gasteiger charge is -2.06. The van der Waals surface area contributed by atoms with Gasteiger partial charge < -0.3 is 15.2 Å². The molecule has 3 N–H and O–H groups in total. The molecule has 1 amide bonds. The van der Waals surface area contributed by atoms with Crippen molar-refractivity contribution in [1.82, 2.24) is 10.2 Å². The molecule has 0 bridgehead atoms. The number of amides is 1. The first-order valence-corrected chi connectivity index (χ1v) is 5.30. The van der Waals surface area contributed by atoms with Gasteiger partial charge in [0.2, 0.25) is 0 Å². The Balaban J connectivity index is 2.18. The van der Waals surface area contributed by atoms with E-state index in [0.717, 1.165) is 5.69 Å². The molecule has 0 spiro atoms. The number of phenols is 1. The molecule has 0 saturated carbocycles. The number of carbonyl (C=O) groups excluding carboxylic acids is 1. The van der Waals surface area contributed by atoms with Crippen LogP contribution in [0.1, 0.15) is 16.1 Å². The van der Waals surface area contributed by atoms with Crippen molar-refractivity contribution >= 4 is 11.7 Å². The second-order valence-electron chi connectivity index (χ2n) is 3.78. The van der Waals surface area contributed by atoms with Crippen molar-refractivity contribution < 1.29 is 14.6 Å². The number of ether oxygens (including phenoxy) is 1. The van der Waals surface area contributed by atoms with Crippen LogP contribution in [-0.4, -0.2) is 28.3 Å². The quantitative estimate of drug-likeness (QED) is 0.770. The number of carbonyl (C=O) groups is 1. The summed E-state index contributed by atoms with van der Waals surface area (Å²) in [7, 11) is 1.42. The fraction of sp³-hybridized carbons (Fsp3) is 0.167. The van der Waals surface area contributed by atoms with E-state index in [-0.39, 0.29) is 17.4 Å². The number of methoxy groups -OCH3 is 1. The van der Waals surface area contributed by atoms with Crippen molar-refractivity contribution in [3.63, 3.8) is 0 Å². The summed E-state index contributed by atoms with van der Waals surface area (Å²) in [4.78, 5) is 11.9. The Morgan fingerprint density at radius 3 is 2.83 bits per heavy atom. The third-order valence-electron chi connectivity index (χ3n) is 2.39. The van der Waals surface area contributed by atoms with Gasteiger partial charge in [-0.15, -0.1) is 0 Å². The highest BCUT2D eigenvalue weighted by Gasteiger charge is 2.11. The van der Waals surface area contributed by atoms with E-state index in [0.29, 0.717) is 11.4 Å². The topological polar surface area (TPSA) is 87.2 Å². The van der Waals surface area contributed by atoms with Gasteiger partial charge in [-0.2, -0.15) is 5.10 Å². The van der Waals surface area contributed by atoms with Gasteiger partial charge in [-0.1, -0.05) is 0 Å². The molecule has 18 heavy (non-hydrogen) atoms. The molecule has 2 aromatic rings. The largest absolute Gasteiger partial charge is 0.504 e. The first-order chi connectivity index (χ1) is 8.60. The molecular formula is C12H13N3O3. The van der Waals surface area contributed by atoms with Crippen LogP contribution < -0.4 is 10.1 Å². The zero-order chi connectivity index (χ0) is 13.1. The Kier molecular flexibility index (Phi) is 3.18. The molecule has 6 nitrogen and oxygen atoms in total. The van der Waals surface area contributed by atoms with Gasteiger partial charge in [0, 0.05) is 17.3 Å². The SMILES string of the molecule is COc1cc(C(=O)Nc2cc(C)[nH]n2)ccc1O. The molecule has 1 aromatic carbocycles. The Labute approximate surface area is 104 Å². The predicted octanol–water partition coefficient (Wildman–Crippen LogP) is 1.68. The van der Waals surface area contributed by atoms with Gasteiger partial charge in [0.1, 0.15) is 0 Å². The summed E-state index contributed by atoms with van der Waals surface area (Å²) in [5.41, 5.74) is 1.24. The number of aromatic amines is 1. The minimum atomic E-state index is -0.320. The Hall–Kier alpha value is -2.50. The molecule has 0 radical (unpaired) electrons. The van der Waals surface area contributed by atoms with Gasteiger partial charge >= 0.3 is 0 Å². The van der Waals surface area contributed by atoms with Crippen LogP contribution in [0.25, 0.3) is 0 Å². The Morgan fingerprint density at radius 1 is 1.44 bits per heavy atom. The lowest BCUT2D eigenvalue weighted by atomic mass is 10.2. The van der Waals surface area contributed by atoms with Crippen LogP contribution in [0.4, 0.5) is 5.82 Å². The second-order valence-corrected chi connectivity index (χ2v) is 3.78. The van der Waals surface area contributed by atoms with Crippen LogP contribution in [0.5, 0.6) is 11.5 Å². The van der Waals surface area contributed by atoms with Crippen LogP contribution in [0.2, 0.25) is 0 Å². The first-order valence-electron chi connectivity index (χ1n) is 5.30. The number of rotatable bonds is 3. The third-order valence-corrected chi connectivity index (χ3v) is 2.39. The zero-order valence-corrected chi connectivity index (χ0v) is 10.0. The molecule has 0 fully saturated rings. The second kappa shape index (κ2) is 4.79. The molecular weight excluding hydrogens is 234 g/mol. The van der Waals surface area contributed by atoms with E-state index in [4.69, 9.17) is 4.74 Å². The molecule has 0 aliphatic heterocycles. The number of H-pyrrole nitrogens is 1. The standard InChI is InChI=1S/C12H13N3O3/c1-7-5-11(15-14-7)13-12(17)8-3-4-9(16)10(6-8)18-2/h3-6,16H,1-2H3,(H2,13,14,15,17). The van der Waals surface area contributed by atoms with Crippen molar-refractivity contribution in [1.29, 1.82) is 0 Å². The molecule has 2 rings (SSSR count). The first kappa shape index (κ1) is 12.0. The van der Waals surface area contributed by atoms with E-state index in [9.17, 15) is 9.90 Å². The molecule has 0 saturated heterocycles. The van der Waals surface area contributed by atoms with Crippen molar-refractivity contribution in [2.24, 2.45) is 0 Å². The Bertz CT molecular complexity index is 578. The smallest absolute Gasteiger partial charge is 0.257 e. The fourth-order valence-corrected chi connectivity index (χ4v) is 1.49. The summed E-state index contributed by atoms with van der Waals surface area (Å²) in [5, 5.41) is 18.7. The van der Waals surface area contributed by atoms with Crippen LogP contribution in [0.3, 0.4) is 0 Å². The number of aromatic hydroxyl groups is 1. The van der Waals surface area contributed by atoms with E-state index in [1.165, 1.54) is 25.3 Å². The summed E-state index contributed by atoms with van der Waals surface area (Å²) in [5.74, 6) is 0.370. The molecule has 0 unspecified atom stereocenters. The maximum Gasteiger partial charge on any atom is 0.257 e. The number of anilines is 1. The minimum absolute atomic E-state index is 0.00957. The minimum Gasteiger partial charge on any atom is -0.504 e. The molecule has 1 heterocycles. The van der Waals surface area contributed by atoms with Crippen LogP contribution in [0.15, 0.2) is 24.3 Å². The third kappa shape index (κ3) is 2.42. The van der Waals surface area contributed by atoms with Crippen molar-refractivity contribution in [2.75, 3.05) is 12.4 Å². The van der Waals surface area contributed by atoms with Gasteiger partial charge in [-0.25, -0.2) is 0 Å². The number of phenolic OH excluding ortho intramolecular Hbond substituents is 1. The summed E-state index contributed by atoms with van der Waals surface area (Å²) in [6, 6.07) is 6.09. The maximum absolute atomic E-state index is 11.9. The van der Waals surface area contributed by atoms with Gasteiger partial charge in [-0.3, -0.25) is 9.89 Å². The van der Waals surface area contributed by atoms with Gasteiger partial charge in [-0.05, 0) is 25.1 Å². The molecule has 0 aliphatic rings. The number of hydrogen-bond donors (Lipinski definition) is 3. The number of aromatic nitrogens is 2. The zero-order valence-electron chi connectivity index (χ0n) is 10.0. The Morgan fingerprint density at radius 2 is 2.22 bits per heavy atom. The number of nitrogens with zero attached hydrogens (tertiary/aromatic N) is 1. The van der Waals surface area contributed by atoms with Crippen molar-refractivity contribution in [3.05, 3.63) is 35.5 Å². The van der Waals surface area contributed by atoms with E-state index < -0.39 is 0 Å². The highest BCUT2D eigenvalue weighted by atomic mass is 16.5. The lowest BCUT2D eigenvalue weighted by Crippen LogP contribution is -2.12. The highest BCUT2D eigenvalue weighted by Crippen LogP contribution is 2.26. The van der Waals surface area contributed by atoms with E-state index in [1.807, 2.05) is 6.92 Å². The average Bonchev–Trinajstić information content (AvgIpc) is 2.75. The average molecular weight is 247 g/mol. The van der Waals surface area contributed by atoms with Crippen LogP contribution >= 0.6 is 0 Å². The monoisotopic (exact) mass is 247 g/mol. The number of hydrogen-bond acceptors (Lipinski definition) is 4. The molecule has 6 heteroatoms. The van der Waals surface area contributed by atoms with Crippen LogP contribution in [0, 0.1) is 6.92 Å². The fourth-order valence-electron chi connectivity index (χ4n) is 1.49. The summed E-state index contributed by atoms with van der Waals surface area (Å²) in [6.07, 6.45) is 0. The van der Waals surface area contributed by atoms with Gasteiger partial charge in [0.15, 0.2) is 17.3 Å². The van der Waals surface area contributed by atoms with E-state index in [2.05, 4.69) is 15.5 Å². The molecule has 0 atom stereocenters. The van der Waals surface area contributed by atoms with E-state index in [1.54, 1.807) is 6.07 Å². The summed E-state index contributed by atoms with van der Waals surface area (Å²) < 4.78 is 4.94. The van der Waals surface area contributed by atoms with Crippen molar-refractivity contribution in [2.45, 2.75) is 6.92 Å². The maximum atomic E-state index is 11.9. The predicted molar refractivity (Wildman–Crippen MR) is 65.9 cm³/mol. The van der Waals surface area contributed by atoms with Gasteiger partial charge in [0.05, 0.1) is 7.11 Å². The number of benzene rings is 1. The van der Waals surface area contributed by atoms with E-state index >= 15 is 0 Å². The number of aryl methyl sites for hydroxylation is 1. The molecule has 0 aliphatic carbocycles. The summed E-state index contributed by atoms with van der Waals surface area (Å²) >= 11 is 0. The molecule has 1 aromatic heterocycles. The summed E-state index contributed by atoms with van der Waals surface area (Å²) in [6.45, 7) is 1.84. The van der Waals surface area contributed by atoms with Crippen molar-refractivity contribution in [3.8, 4) is 11.5 Å². The normalized spacial score (nSPS) is 10.1. The molecule has 94 valence electrons. The van der Waals surface area contributed by atoms with Gasteiger partial charge in [0.25, 0.3) is 5.91 Å². The number of nitrogens with one attached hydrogen (secondary N) is 2. The lowest BCUT2D eigenvalue weighted by molar-refractivity contribution is 0.102. The highest BCUT2D eigenvalue weighted by molar-refractivity contribution is 6.04.